The van der Waals surface area contributed by atoms with E-state index in [9.17, 15) is 0 Å². The number of anilines is 2. The van der Waals surface area contributed by atoms with E-state index in [-0.39, 0.29) is 10.8 Å². The highest BCUT2D eigenvalue weighted by Gasteiger charge is 2.48. The molecule has 0 radical (unpaired) electrons. The molecule has 3 aliphatic rings. The van der Waals surface area contributed by atoms with Crippen molar-refractivity contribution < 1.29 is 4.42 Å². The van der Waals surface area contributed by atoms with Gasteiger partial charge in [-0.05, 0) is 99.8 Å². The van der Waals surface area contributed by atoms with E-state index in [1.807, 2.05) is 13.0 Å². The van der Waals surface area contributed by atoms with Crippen LogP contribution in [0.1, 0.15) is 67.5 Å². The molecule has 298 valence electrons. The highest BCUT2D eigenvalue weighted by Crippen LogP contribution is 2.59. The fourth-order valence-corrected chi connectivity index (χ4v) is 11.0. The topological polar surface area (TPSA) is 16.4 Å². The largest absolute Gasteiger partial charge is 0.456 e. The lowest BCUT2D eigenvalue weighted by molar-refractivity contribution is 0.595. The number of rotatable bonds is 7. The normalized spacial score (nSPS) is 18.0. The highest BCUT2D eigenvalue weighted by atomic mass is 16.3. The zero-order chi connectivity index (χ0) is 42.2. The van der Waals surface area contributed by atoms with Gasteiger partial charge in [-0.1, -0.05) is 178 Å². The van der Waals surface area contributed by atoms with Crippen LogP contribution in [0.3, 0.4) is 0 Å². The van der Waals surface area contributed by atoms with Crippen LogP contribution in [0.2, 0.25) is 0 Å². The molecule has 0 amide bonds. The van der Waals surface area contributed by atoms with Gasteiger partial charge in [0.25, 0.3) is 0 Å². The maximum Gasteiger partial charge on any atom is 0.137 e. The molecule has 0 N–H and O–H groups in total. The quantitative estimate of drug-likeness (QED) is 0.118. The van der Waals surface area contributed by atoms with Crippen molar-refractivity contribution in [3.63, 3.8) is 0 Å². The molecule has 0 saturated heterocycles. The van der Waals surface area contributed by atoms with E-state index in [1.54, 1.807) is 0 Å². The second kappa shape index (κ2) is 14.1. The van der Waals surface area contributed by atoms with Crippen LogP contribution in [0.25, 0.3) is 44.2 Å². The molecule has 0 saturated carbocycles. The summed E-state index contributed by atoms with van der Waals surface area (Å²) in [6.45, 7) is 9.06. The van der Waals surface area contributed by atoms with Gasteiger partial charge in [-0.2, -0.15) is 0 Å². The first kappa shape index (κ1) is 37.6. The predicted octanol–water partition coefficient (Wildman–Crippen LogP) is 15.3. The molecule has 1 atom stereocenters. The molecule has 2 nitrogen and oxygen atoms in total. The SMILES string of the molecule is C#C/C(=C\C=C/C)C1(c2cccc3oc4cc(N(C5=CCC(C)(c6ccccc6)C=C5)c5cccc6c5-c5ccccc5C6(C)C)ccc4c23)c2ccccc2-c2ccccc21. The number of furan rings is 1. The molecular weight excluding hydrogens is 751 g/mol. The molecule has 0 fully saturated rings. The van der Waals surface area contributed by atoms with Gasteiger partial charge in [0.05, 0.1) is 11.1 Å². The summed E-state index contributed by atoms with van der Waals surface area (Å²) in [4.78, 5) is 2.45. The van der Waals surface area contributed by atoms with Crippen molar-refractivity contribution in [1.82, 2.24) is 0 Å². The van der Waals surface area contributed by atoms with Crippen molar-refractivity contribution in [3.05, 3.63) is 239 Å². The Morgan fingerprint density at radius 2 is 1.31 bits per heavy atom. The number of terminal acetylenes is 1. The number of hydrogen-bond acceptors (Lipinski definition) is 2. The molecule has 1 heterocycles. The number of allylic oxidation sites excluding steroid dienone is 7. The van der Waals surface area contributed by atoms with E-state index in [1.165, 1.54) is 50.1 Å². The standard InChI is InChI=1S/C60H47NO/c1-6-8-20-40(7-2)60(49-27-16-12-23-44(49)45-24-13-17-28-50(45)60)52-30-19-32-54-57(52)47-34-33-43(39-55(47)62-54)61(42-35-37-59(5,38-36-42)41-21-10-9-11-22-41)53-31-18-29-51-56(53)46-25-14-15-26-48(46)58(51,3)4/h2,6,8-37,39H,38H2,1,3-5H3/b8-6-,40-20+. The van der Waals surface area contributed by atoms with Crippen LogP contribution in [0, 0.1) is 12.3 Å². The molecule has 0 aliphatic heterocycles. The molecule has 8 aromatic rings. The fourth-order valence-electron chi connectivity index (χ4n) is 11.0. The summed E-state index contributed by atoms with van der Waals surface area (Å²) in [7, 11) is 0. The summed E-state index contributed by atoms with van der Waals surface area (Å²) in [5, 5.41) is 2.12. The minimum atomic E-state index is -0.740. The second-order valence-electron chi connectivity index (χ2n) is 17.7. The van der Waals surface area contributed by atoms with Crippen LogP contribution >= 0.6 is 0 Å². The molecule has 1 unspecified atom stereocenters. The van der Waals surface area contributed by atoms with Crippen LogP contribution in [-0.4, -0.2) is 0 Å². The summed E-state index contributed by atoms with van der Waals surface area (Å²) in [6, 6.07) is 57.3. The zero-order valence-electron chi connectivity index (χ0n) is 35.6. The summed E-state index contributed by atoms with van der Waals surface area (Å²) >= 11 is 0. The van der Waals surface area contributed by atoms with Crippen molar-refractivity contribution in [1.29, 1.82) is 0 Å². The third-order valence-corrected chi connectivity index (χ3v) is 14.0. The average molecular weight is 798 g/mol. The number of nitrogens with zero attached hydrogens (tertiary/aromatic N) is 1. The molecule has 11 rings (SSSR count). The van der Waals surface area contributed by atoms with Gasteiger partial charge in [0.15, 0.2) is 0 Å². The van der Waals surface area contributed by atoms with Gasteiger partial charge in [0, 0.05) is 50.2 Å². The third kappa shape index (κ3) is 5.31. The number of hydrogen-bond donors (Lipinski definition) is 0. The van der Waals surface area contributed by atoms with Crippen LogP contribution in [0.15, 0.2) is 210 Å². The minimum Gasteiger partial charge on any atom is -0.456 e. The minimum absolute atomic E-state index is 0.116. The van der Waals surface area contributed by atoms with Gasteiger partial charge in [-0.25, -0.2) is 0 Å². The van der Waals surface area contributed by atoms with Gasteiger partial charge in [-0.3, -0.25) is 0 Å². The summed E-state index contributed by atoms with van der Waals surface area (Å²) < 4.78 is 7.01. The lowest BCUT2D eigenvalue weighted by Crippen LogP contribution is -2.29. The van der Waals surface area contributed by atoms with E-state index in [4.69, 9.17) is 10.8 Å². The van der Waals surface area contributed by atoms with E-state index < -0.39 is 5.41 Å². The molecule has 2 heteroatoms. The maximum absolute atomic E-state index is 7.01. The Morgan fingerprint density at radius 3 is 2.00 bits per heavy atom. The first-order chi connectivity index (χ1) is 30.3. The van der Waals surface area contributed by atoms with E-state index >= 15 is 0 Å². The first-order valence-electron chi connectivity index (χ1n) is 21.7. The fraction of sp³-hybridized carbons (Fsp3) is 0.133. The lowest BCUT2D eigenvalue weighted by Gasteiger charge is -2.34. The third-order valence-electron chi connectivity index (χ3n) is 14.0. The Hall–Kier alpha value is -7.34. The summed E-state index contributed by atoms with van der Waals surface area (Å²) in [6.07, 6.45) is 20.8. The number of fused-ring (bicyclic) bond motifs is 9. The van der Waals surface area contributed by atoms with Gasteiger partial charge >= 0.3 is 0 Å². The van der Waals surface area contributed by atoms with E-state index in [0.717, 1.165) is 56.6 Å². The summed E-state index contributed by atoms with van der Waals surface area (Å²) in [5.41, 5.74) is 17.3. The van der Waals surface area contributed by atoms with Gasteiger partial charge in [-0.15, -0.1) is 6.42 Å². The van der Waals surface area contributed by atoms with E-state index in [0.29, 0.717) is 0 Å². The molecule has 1 aromatic heterocycles. The van der Waals surface area contributed by atoms with Crippen LogP contribution in [-0.2, 0) is 16.2 Å². The predicted molar refractivity (Wildman–Crippen MR) is 259 cm³/mol. The zero-order valence-corrected chi connectivity index (χ0v) is 35.6. The Labute approximate surface area is 364 Å². The monoisotopic (exact) mass is 797 g/mol. The number of benzene rings is 7. The molecule has 3 aliphatic carbocycles. The Morgan fingerprint density at radius 1 is 0.661 bits per heavy atom. The molecule has 0 spiro atoms. The van der Waals surface area contributed by atoms with Gasteiger partial charge in [0.2, 0.25) is 0 Å². The molecule has 7 aromatic carbocycles. The molecule has 62 heavy (non-hydrogen) atoms. The second-order valence-corrected chi connectivity index (χ2v) is 17.7. The van der Waals surface area contributed by atoms with Gasteiger partial charge < -0.3 is 9.32 Å². The Balaban J connectivity index is 1.14. The van der Waals surface area contributed by atoms with Crippen LogP contribution < -0.4 is 4.90 Å². The van der Waals surface area contributed by atoms with E-state index in [2.05, 4.69) is 220 Å². The maximum atomic E-state index is 7.01. The van der Waals surface area contributed by atoms with Crippen molar-refractivity contribution in [3.8, 4) is 34.6 Å². The van der Waals surface area contributed by atoms with Crippen LogP contribution in [0.5, 0.6) is 0 Å². The van der Waals surface area contributed by atoms with Crippen molar-refractivity contribution in [2.24, 2.45) is 0 Å². The highest BCUT2D eigenvalue weighted by molar-refractivity contribution is 6.10. The van der Waals surface area contributed by atoms with Crippen molar-refractivity contribution >= 4 is 33.3 Å². The molecule has 0 bridgehead atoms. The lowest BCUT2D eigenvalue weighted by atomic mass is 9.66. The Bertz CT molecular complexity index is 3240. The molecular formula is C60H47NO. The van der Waals surface area contributed by atoms with Crippen LogP contribution in [0.4, 0.5) is 11.4 Å². The average Bonchev–Trinajstić information content (AvgIpc) is 3.92. The smallest absolute Gasteiger partial charge is 0.137 e. The Kier molecular flexibility index (Phi) is 8.57. The van der Waals surface area contributed by atoms with Crippen molar-refractivity contribution in [2.45, 2.75) is 50.4 Å². The van der Waals surface area contributed by atoms with Crippen molar-refractivity contribution in [2.75, 3.05) is 4.90 Å². The van der Waals surface area contributed by atoms with Gasteiger partial charge in [0.1, 0.15) is 11.2 Å². The first-order valence-corrected chi connectivity index (χ1v) is 21.7. The summed E-state index contributed by atoms with van der Waals surface area (Å²) in [5.74, 6) is 3.19.